The van der Waals surface area contributed by atoms with Crippen molar-refractivity contribution in [3.63, 3.8) is 0 Å². The molecule has 1 aromatic carbocycles. The van der Waals surface area contributed by atoms with Crippen molar-refractivity contribution in [3.8, 4) is 5.75 Å². The number of nitrogens with one attached hydrogen (secondary N) is 1. The molecule has 0 bridgehead atoms. The molecule has 4 nitrogen and oxygen atoms in total. The van der Waals surface area contributed by atoms with E-state index in [-0.39, 0.29) is 0 Å². The standard InChI is InChI=1S/C15H19NO3/c1-17-14-6-2-4-11-8-13(19-15(11)14)10-16-9-12-5-3-7-18-12/h2,4,6,8,12,16H,3,5,7,9-10H2,1H3. The average Bonchev–Trinajstić information content (AvgIpc) is 3.06. The second kappa shape index (κ2) is 5.63. The lowest BCUT2D eigenvalue weighted by Gasteiger charge is -2.09. The van der Waals surface area contributed by atoms with Crippen LogP contribution >= 0.6 is 0 Å². The van der Waals surface area contributed by atoms with E-state index >= 15 is 0 Å². The molecule has 0 amide bonds. The molecular formula is C15H19NO3. The normalized spacial score (nSPS) is 19.1. The summed E-state index contributed by atoms with van der Waals surface area (Å²) in [5.41, 5.74) is 0.818. The van der Waals surface area contributed by atoms with E-state index in [1.807, 2.05) is 18.2 Å². The molecular weight excluding hydrogens is 242 g/mol. The van der Waals surface area contributed by atoms with Crippen LogP contribution in [0.15, 0.2) is 28.7 Å². The molecule has 4 heteroatoms. The number of methoxy groups -OCH3 is 1. The summed E-state index contributed by atoms with van der Waals surface area (Å²) in [7, 11) is 1.66. The van der Waals surface area contributed by atoms with Crippen molar-refractivity contribution in [2.45, 2.75) is 25.5 Å². The van der Waals surface area contributed by atoms with Crippen LogP contribution in [0.25, 0.3) is 11.0 Å². The summed E-state index contributed by atoms with van der Waals surface area (Å²) in [6, 6.07) is 7.97. The Morgan fingerprint density at radius 3 is 3.16 bits per heavy atom. The first-order valence-electron chi connectivity index (χ1n) is 6.74. The maximum Gasteiger partial charge on any atom is 0.176 e. The zero-order valence-electron chi connectivity index (χ0n) is 11.1. The van der Waals surface area contributed by atoms with Gasteiger partial charge in [0.2, 0.25) is 0 Å². The van der Waals surface area contributed by atoms with Crippen LogP contribution in [0.5, 0.6) is 5.75 Å². The van der Waals surface area contributed by atoms with Crippen LogP contribution in [0.4, 0.5) is 0 Å². The van der Waals surface area contributed by atoms with Gasteiger partial charge in [0.15, 0.2) is 11.3 Å². The molecule has 2 heterocycles. The minimum atomic E-state index is 0.360. The Bertz CT molecular complexity index is 543. The fraction of sp³-hybridized carbons (Fsp3) is 0.467. The Kier molecular flexibility index (Phi) is 3.71. The van der Waals surface area contributed by atoms with E-state index in [1.54, 1.807) is 7.11 Å². The maximum atomic E-state index is 5.83. The lowest BCUT2D eigenvalue weighted by Crippen LogP contribution is -2.25. The molecule has 1 fully saturated rings. The predicted octanol–water partition coefficient (Wildman–Crippen LogP) is 2.71. The van der Waals surface area contributed by atoms with E-state index in [1.165, 1.54) is 6.42 Å². The van der Waals surface area contributed by atoms with Crippen molar-refractivity contribution in [2.24, 2.45) is 0 Å². The molecule has 2 aromatic rings. The number of hydrogen-bond acceptors (Lipinski definition) is 4. The number of ether oxygens (including phenoxy) is 2. The van der Waals surface area contributed by atoms with Crippen molar-refractivity contribution in [1.29, 1.82) is 0 Å². The number of fused-ring (bicyclic) bond motifs is 1. The Hall–Kier alpha value is -1.52. The van der Waals surface area contributed by atoms with Crippen molar-refractivity contribution in [3.05, 3.63) is 30.0 Å². The van der Waals surface area contributed by atoms with E-state index < -0.39 is 0 Å². The van der Waals surface area contributed by atoms with Gasteiger partial charge in [-0.2, -0.15) is 0 Å². The van der Waals surface area contributed by atoms with Gasteiger partial charge in [-0.25, -0.2) is 0 Å². The van der Waals surface area contributed by atoms with E-state index in [0.717, 1.165) is 48.6 Å². The van der Waals surface area contributed by atoms with Gasteiger partial charge in [0, 0.05) is 18.5 Å². The number of benzene rings is 1. The number of furan rings is 1. The first kappa shape index (κ1) is 12.5. The molecule has 1 N–H and O–H groups in total. The molecule has 0 saturated carbocycles. The SMILES string of the molecule is COc1cccc2cc(CNCC3CCCO3)oc12. The monoisotopic (exact) mass is 261 g/mol. The van der Waals surface area contributed by atoms with Crippen LogP contribution in [0, 0.1) is 0 Å². The van der Waals surface area contributed by atoms with Gasteiger partial charge >= 0.3 is 0 Å². The average molecular weight is 261 g/mol. The third-order valence-corrected chi connectivity index (χ3v) is 3.47. The Labute approximate surface area is 112 Å². The second-order valence-electron chi connectivity index (χ2n) is 4.86. The number of para-hydroxylation sites is 1. The Balaban J connectivity index is 1.64. The summed E-state index contributed by atoms with van der Waals surface area (Å²) >= 11 is 0. The smallest absolute Gasteiger partial charge is 0.176 e. The molecule has 1 aliphatic rings. The highest BCUT2D eigenvalue weighted by atomic mass is 16.5. The minimum Gasteiger partial charge on any atom is -0.493 e. The molecule has 3 rings (SSSR count). The van der Waals surface area contributed by atoms with Gasteiger partial charge in [-0.1, -0.05) is 12.1 Å². The van der Waals surface area contributed by atoms with Gasteiger partial charge in [0.05, 0.1) is 19.8 Å². The third-order valence-electron chi connectivity index (χ3n) is 3.47. The van der Waals surface area contributed by atoms with Crippen molar-refractivity contribution in [2.75, 3.05) is 20.3 Å². The summed E-state index contributed by atoms with van der Waals surface area (Å²) in [5.74, 6) is 1.71. The van der Waals surface area contributed by atoms with Crippen LogP contribution in [-0.2, 0) is 11.3 Å². The van der Waals surface area contributed by atoms with Crippen LogP contribution in [0.3, 0.4) is 0 Å². The topological polar surface area (TPSA) is 43.6 Å². The van der Waals surface area contributed by atoms with Crippen LogP contribution < -0.4 is 10.1 Å². The maximum absolute atomic E-state index is 5.83. The van der Waals surface area contributed by atoms with Crippen LogP contribution in [0.1, 0.15) is 18.6 Å². The highest BCUT2D eigenvalue weighted by Crippen LogP contribution is 2.28. The van der Waals surface area contributed by atoms with Crippen LogP contribution in [0.2, 0.25) is 0 Å². The van der Waals surface area contributed by atoms with E-state index in [0.29, 0.717) is 6.10 Å². The lowest BCUT2D eigenvalue weighted by molar-refractivity contribution is 0.109. The van der Waals surface area contributed by atoms with Crippen molar-refractivity contribution in [1.82, 2.24) is 5.32 Å². The number of hydrogen-bond donors (Lipinski definition) is 1. The van der Waals surface area contributed by atoms with Gasteiger partial charge in [-0.05, 0) is 25.0 Å². The van der Waals surface area contributed by atoms with Gasteiger partial charge in [-0.15, -0.1) is 0 Å². The third kappa shape index (κ3) is 2.74. The minimum absolute atomic E-state index is 0.360. The predicted molar refractivity (Wildman–Crippen MR) is 73.4 cm³/mol. The van der Waals surface area contributed by atoms with Gasteiger partial charge < -0.3 is 19.2 Å². The molecule has 1 atom stereocenters. The molecule has 1 aliphatic heterocycles. The first-order chi connectivity index (χ1) is 9.36. The molecule has 1 unspecified atom stereocenters. The Morgan fingerprint density at radius 1 is 1.42 bits per heavy atom. The largest absolute Gasteiger partial charge is 0.493 e. The van der Waals surface area contributed by atoms with Crippen LogP contribution in [-0.4, -0.2) is 26.4 Å². The fourth-order valence-electron chi connectivity index (χ4n) is 2.50. The van der Waals surface area contributed by atoms with Gasteiger partial charge in [-0.3, -0.25) is 0 Å². The molecule has 1 aromatic heterocycles. The van der Waals surface area contributed by atoms with E-state index in [2.05, 4.69) is 11.4 Å². The highest BCUT2D eigenvalue weighted by molar-refractivity contribution is 5.83. The summed E-state index contributed by atoms with van der Waals surface area (Å²) in [4.78, 5) is 0. The quantitative estimate of drug-likeness (QED) is 0.898. The van der Waals surface area contributed by atoms with E-state index in [4.69, 9.17) is 13.9 Å². The van der Waals surface area contributed by atoms with Gasteiger partial charge in [0.1, 0.15) is 5.76 Å². The summed E-state index contributed by atoms with van der Waals surface area (Å²) in [5, 5.41) is 4.46. The zero-order valence-corrected chi connectivity index (χ0v) is 11.1. The highest BCUT2D eigenvalue weighted by Gasteiger charge is 2.15. The summed E-state index contributed by atoms with van der Waals surface area (Å²) in [6.45, 7) is 2.50. The first-order valence-corrected chi connectivity index (χ1v) is 6.74. The lowest BCUT2D eigenvalue weighted by atomic mass is 10.2. The van der Waals surface area contributed by atoms with Crippen molar-refractivity contribution < 1.29 is 13.9 Å². The zero-order chi connectivity index (χ0) is 13.1. The van der Waals surface area contributed by atoms with Gasteiger partial charge in [0.25, 0.3) is 0 Å². The number of rotatable bonds is 5. The molecule has 0 radical (unpaired) electrons. The molecule has 1 saturated heterocycles. The second-order valence-corrected chi connectivity index (χ2v) is 4.86. The molecule has 0 spiro atoms. The summed E-state index contributed by atoms with van der Waals surface area (Å²) < 4.78 is 16.7. The van der Waals surface area contributed by atoms with Crippen molar-refractivity contribution >= 4 is 11.0 Å². The molecule has 19 heavy (non-hydrogen) atoms. The summed E-state index contributed by atoms with van der Waals surface area (Å²) in [6.07, 6.45) is 2.69. The fourth-order valence-corrected chi connectivity index (χ4v) is 2.50. The molecule has 0 aliphatic carbocycles. The molecule has 102 valence electrons. The van der Waals surface area contributed by atoms with E-state index in [9.17, 15) is 0 Å². The Morgan fingerprint density at radius 2 is 2.37 bits per heavy atom.